The lowest BCUT2D eigenvalue weighted by molar-refractivity contribution is 0.554. The Balaban J connectivity index is 2.26. The second kappa shape index (κ2) is 6.84. The second-order valence-corrected chi connectivity index (χ2v) is 6.39. The van der Waals surface area contributed by atoms with Gasteiger partial charge >= 0.3 is 0 Å². The van der Waals surface area contributed by atoms with Gasteiger partial charge < -0.3 is 5.32 Å². The molecule has 2 aromatic rings. The molecule has 0 aliphatic carbocycles. The van der Waals surface area contributed by atoms with Gasteiger partial charge in [-0.25, -0.2) is 4.39 Å². The van der Waals surface area contributed by atoms with E-state index in [0.29, 0.717) is 6.42 Å². The van der Waals surface area contributed by atoms with Gasteiger partial charge in [0.2, 0.25) is 0 Å². The highest BCUT2D eigenvalue weighted by atomic mass is 79.9. The first kappa shape index (κ1) is 15.0. The molecular formula is C14H14BrClFNS. The van der Waals surface area contributed by atoms with Gasteiger partial charge in [-0.2, -0.15) is 0 Å². The van der Waals surface area contributed by atoms with Crippen molar-refractivity contribution in [2.24, 2.45) is 0 Å². The van der Waals surface area contributed by atoms with Gasteiger partial charge in [-0.3, -0.25) is 0 Å². The minimum absolute atomic E-state index is 0.107. The van der Waals surface area contributed by atoms with Crippen molar-refractivity contribution >= 4 is 38.9 Å². The SMILES string of the molecule is CCNC(Cc1cc(F)ccc1Br)c1sccc1Cl. The normalized spacial score (nSPS) is 12.6. The second-order valence-electron chi connectivity index (χ2n) is 4.18. The monoisotopic (exact) mass is 361 g/mol. The van der Waals surface area contributed by atoms with Crippen LogP contribution in [0.1, 0.15) is 23.4 Å². The lowest BCUT2D eigenvalue weighted by Crippen LogP contribution is -2.22. The Morgan fingerprint density at radius 1 is 1.42 bits per heavy atom. The molecule has 1 nitrogen and oxygen atoms in total. The summed E-state index contributed by atoms with van der Waals surface area (Å²) in [6.07, 6.45) is 0.701. The molecule has 0 bridgehead atoms. The van der Waals surface area contributed by atoms with Crippen molar-refractivity contribution in [1.29, 1.82) is 0 Å². The van der Waals surface area contributed by atoms with Crippen LogP contribution in [0.15, 0.2) is 34.1 Å². The van der Waals surface area contributed by atoms with Crippen molar-refractivity contribution in [3.05, 3.63) is 55.4 Å². The molecular weight excluding hydrogens is 349 g/mol. The third kappa shape index (κ3) is 3.78. The predicted octanol–water partition coefficient (Wildman–Crippen LogP) is 5.20. The molecule has 0 aliphatic rings. The van der Waals surface area contributed by atoms with Gasteiger partial charge in [-0.05, 0) is 48.2 Å². The third-order valence-electron chi connectivity index (χ3n) is 2.84. The number of nitrogens with one attached hydrogen (secondary N) is 1. The van der Waals surface area contributed by atoms with E-state index in [1.54, 1.807) is 23.5 Å². The number of thiophene rings is 1. The molecule has 2 rings (SSSR count). The van der Waals surface area contributed by atoms with Gasteiger partial charge in [0.05, 0.1) is 5.02 Å². The van der Waals surface area contributed by atoms with E-state index in [1.807, 2.05) is 11.4 Å². The summed E-state index contributed by atoms with van der Waals surface area (Å²) in [7, 11) is 0. The molecule has 0 saturated heterocycles. The van der Waals surface area contributed by atoms with E-state index in [1.165, 1.54) is 6.07 Å². The third-order valence-corrected chi connectivity index (χ3v) is 5.09. The highest BCUT2D eigenvalue weighted by Gasteiger charge is 2.17. The Bertz CT molecular complexity index is 558. The molecule has 1 atom stereocenters. The van der Waals surface area contributed by atoms with Gasteiger partial charge in [0, 0.05) is 15.4 Å². The molecule has 0 spiro atoms. The van der Waals surface area contributed by atoms with E-state index in [-0.39, 0.29) is 11.9 Å². The average molecular weight is 363 g/mol. The zero-order chi connectivity index (χ0) is 13.8. The number of hydrogen-bond donors (Lipinski definition) is 1. The lowest BCUT2D eigenvalue weighted by Gasteiger charge is -2.18. The predicted molar refractivity (Wildman–Crippen MR) is 83.6 cm³/mol. The summed E-state index contributed by atoms with van der Waals surface area (Å²) in [5.74, 6) is -0.217. The number of rotatable bonds is 5. The van der Waals surface area contributed by atoms with Gasteiger partial charge in [0.1, 0.15) is 5.82 Å². The number of halogens is 3. The fourth-order valence-corrected chi connectivity index (χ4v) is 3.65. The summed E-state index contributed by atoms with van der Waals surface area (Å²) in [6, 6.07) is 6.76. The van der Waals surface area contributed by atoms with Crippen molar-refractivity contribution in [3.8, 4) is 0 Å². The van der Waals surface area contributed by atoms with Crippen LogP contribution in [0, 0.1) is 5.82 Å². The summed E-state index contributed by atoms with van der Waals surface area (Å²) in [4.78, 5) is 1.10. The van der Waals surface area contributed by atoms with E-state index in [2.05, 4.69) is 28.2 Å². The fourth-order valence-electron chi connectivity index (χ4n) is 1.98. The summed E-state index contributed by atoms with van der Waals surface area (Å²) in [6.45, 7) is 2.89. The van der Waals surface area contributed by atoms with E-state index in [4.69, 9.17) is 11.6 Å². The first-order valence-electron chi connectivity index (χ1n) is 6.02. The maximum atomic E-state index is 13.3. The van der Waals surface area contributed by atoms with Gasteiger partial charge in [0.15, 0.2) is 0 Å². The molecule has 0 amide bonds. The van der Waals surface area contributed by atoms with Gasteiger partial charge in [-0.1, -0.05) is 34.5 Å². The van der Waals surface area contributed by atoms with Crippen molar-refractivity contribution in [1.82, 2.24) is 5.32 Å². The van der Waals surface area contributed by atoms with Crippen LogP contribution in [-0.2, 0) is 6.42 Å². The summed E-state index contributed by atoms with van der Waals surface area (Å²) >= 11 is 11.3. The standard InChI is InChI=1S/C14H14BrClFNS/c1-2-18-13(14-12(16)5-6-19-14)8-9-7-10(17)3-4-11(9)15/h3-7,13,18H,2,8H2,1H3. The van der Waals surface area contributed by atoms with Crippen molar-refractivity contribution in [2.45, 2.75) is 19.4 Å². The number of hydrogen-bond acceptors (Lipinski definition) is 2. The zero-order valence-corrected chi connectivity index (χ0v) is 13.6. The summed E-state index contributed by atoms with van der Waals surface area (Å²) < 4.78 is 14.3. The quantitative estimate of drug-likeness (QED) is 0.771. The Kier molecular flexibility index (Phi) is 5.39. The van der Waals surface area contributed by atoms with Crippen molar-refractivity contribution in [3.63, 3.8) is 0 Å². The number of benzene rings is 1. The molecule has 5 heteroatoms. The topological polar surface area (TPSA) is 12.0 Å². The molecule has 1 N–H and O–H groups in total. The van der Waals surface area contributed by atoms with Gasteiger partial charge in [0.25, 0.3) is 0 Å². The largest absolute Gasteiger partial charge is 0.309 e. The molecule has 1 unspecified atom stereocenters. The van der Waals surface area contributed by atoms with Crippen molar-refractivity contribution < 1.29 is 4.39 Å². The molecule has 19 heavy (non-hydrogen) atoms. The maximum Gasteiger partial charge on any atom is 0.123 e. The summed E-state index contributed by atoms with van der Waals surface area (Å²) in [5, 5.41) is 6.15. The maximum absolute atomic E-state index is 13.3. The lowest BCUT2D eigenvalue weighted by atomic mass is 10.0. The van der Waals surface area contributed by atoms with Crippen LogP contribution in [0.2, 0.25) is 5.02 Å². The zero-order valence-electron chi connectivity index (χ0n) is 10.4. The highest BCUT2D eigenvalue weighted by Crippen LogP contribution is 2.32. The molecule has 0 fully saturated rings. The highest BCUT2D eigenvalue weighted by molar-refractivity contribution is 9.10. The molecule has 0 aliphatic heterocycles. The molecule has 102 valence electrons. The van der Waals surface area contributed by atoms with Crippen LogP contribution >= 0.6 is 38.9 Å². The summed E-state index contributed by atoms with van der Waals surface area (Å²) in [5.41, 5.74) is 0.940. The van der Waals surface area contributed by atoms with E-state index >= 15 is 0 Å². The first-order valence-corrected chi connectivity index (χ1v) is 8.07. The minimum Gasteiger partial charge on any atom is -0.309 e. The Morgan fingerprint density at radius 2 is 2.21 bits per heavy atom. The molecule has 1 aromatic carbocycles. The van der Waals surface area contributed by atoms with Crippen LogP contribution in [0.4, 0.5) is 4.39 Å². The van der Waals surface area contributed by atoms with E-state index < -0.39 is 0 Å². The molecule has 1 heterocycles. The Hall–Kier alpha value is -0.420. The minimum atomic E-state index is -0.217. The van der Waals surface area contributed by atoms with Crippen LogP contribution < -0.4 is 5.32 Å². The average Bonchev–Trinajstić information content (AvgIpc) is 2.79. The van der Waals surface area contributed by atoms with E-state index in [9.17, 15) is 4.39 Å². The van der Waals surface area contributed by atoms with Crippen LogP contribution in [-0.4, -0.2) is 6.54 Å². The molecule has 1 aromatic heterocycles. The molecule has 0 saturated carbocycles. The van der Waals surface area contributed by atoms with E-state index in [0.717, 1.165) is 26.5 Å². The van der Waals surface area contributed by atoms with Crippen LogP contribution in [0.25, 0.3) is 0 Å². The van der Waals surface area contributed by atoms with Crippen LogP contribution in [0.3, 0.4) is 0 Å². The smallest absolute Gasteiger partial charge is 0.123 e. The van der Waals surface area contributed by atoms with Crippen molar-refractivity contribution in [2.75, 3.05) is 6.54 Å². The fraction of sp³-hybridized carbons (Fsp3) is 0.286. The van der Waals surface area contributed by atoms with Gasteiger partial charge in [-0.15, -0.1) is 11.3 Å². The molecule has 0 radical (unpaired) electrons. The first-order chi connectivity index (χ1) is 9.11. The Morgan fingerprint density at radius 3 is 2.84 bits per heavy atom. The van der Waals surface area contributed by atoms with Crippen LogP contribution in [0.5, 0.6) is 0 Å². The Labute approximate surface area is 129 Å². The number of likely N-dealkylation sites (N-methyl/N-ethyl adjacent to an activating group) is 1.